The minimum absolute atomic E-state index is 0.00564. The first-order chi connectivity index (χ1) is 12.3. The number of pyridine rings is 2. The van der Waals surface area contributed by atoms with E-state index in [9.17, 15) is 9.59 Å². The van der Waals surface area contributed by atoms with Crippen molar-refractivity contribution in [2.45, 2.75) is 33.9 Å². The number of para-hydroxylation sites is 1. The van der Waals surface area contributed by atoms with Gasteiger partial charge in [-0.15, -0.1) is 0 Å². The maximum absolute atomic E-state index is 12.9. The molecule has 0 aliphatic carbocycles. The van der Waals surface area contributed by atoms with Gasteiger partial charge in [0.1, 0.15) is 0 Å². The van der Waals surface area contributed by atoms with Crippen LogP contribution in [0.4, 0.5) is 0 Å². The summed E-state index contributed by atoms with van der Waals surface area (Å²) in [5.41, 5.74) is 1.60. The Morgan fingerprint density at radius 2 is 1.88 bits per heavy atom. The molecular formula is C21H23N3O2. The van der Waals surface area contributed by atoms with Gasteiger partial charge < -0.3 is 9.88 Å². The Balaban J connectivity index is 1.96. The second kappa shape index (κ2) is 7.12. The van der Waals surface area contributed by atoms with Crippen molar-refractivity contribution in [3.8, 4) is 0 Å². The third-order valence-corrected chi connectivity index (χ3v) is 4.22. The number of aromatic nitrogens is 2. The normalized spacial score (nSPS) is 11.5. The average molecular weight is 349 g/mol. The van der Waals surface area contributed by atoms with Gasteiger partial charge in [0, 0.05) is 35.4 Å². The minimum Gasteiger partial charge on any atom is -0.333 e. The molecule has 1 amide bonds. The number of amides is 1. The van der Waals surface area contributed by atoms with E-state index in [2.05, 4.69) is 9.97 Å². The molecule has 0 bridgehead atoms. The van der Waals surface area contributed by atoms with E-state index in [-0.39, 0.29) is 18.0 Å². The molecular weight excluding hydrogens is 326 g/mol. The Morgan fingerprint density at radius 3 is 2.58 bits per heavy atom. The zero-order chi connectivity index (χ0) is 18.7. The number of nitrogens with one attached hydrogen (secondary N) is 1. The number of carbonyl (C=O) groups excluding carboxylic acids is 1. The standard InChI is InChI=1S/C21H23N3O2/c1-21(2,3)20(26)24(13-15-7-6-10-22-12-15)14-17-11-16-8-4-5-9-18(16)23-19(17)25/h4-12H,13-14H2,1-3H3,(H,23,25). The van der Waals surface area contributed by atoms with Crippen LogP contribution in [0.3, 0.4) is 0 Å². The van der Waals surface area contributed by atoms with Crippen molar-refractivity contribution in [1.29, 1.82) is 0 Å². The lowest BCUT2D eigenvalue weighted by molar-refractivity contribution is -0.140. The minimum atomic E-state index is -0.536. The molecule has 1 N–H and O–H groups in total. The van der Waals surface area contributed by atoms with E-state index < -0.39 is 5.41 Å². The Labute approximate surface area is 152 Å². The zero-order valence-corrected chi connectivity index (χ0v) is 15.3. The Morgan fingerprint density at radius 1 is 1.12 bits per heavy atom. The summed E-state index contributed by atoms with van der Waals surface area (Å²) >= 11 is 0. The van der Waals surface area contributed by atoms with E-state index in [4.69, 9.17) is 0 Å². The molecule has 2 heterocycles. The molecule has 0 aliphatic heterocycles. The number of benzene rings is 1. The van der Waals surface area contributed by atoms with Crippen LogP contribution in [0, 0.1) is 5.41 Å². The number of nitrogens with zero attached hydrogens (tertiary/aromatic N) is 2. The molecule has 0 aliphatic rings. The Hall–Kier alpha value is -2.95. The highest BCUT2D eigenvalue weighted by Crippen LogP contribution is 2.21. The highest BCUT2D eigenvalue weighted by atomic mass is 16.2. The monoisotopic (exact) mass is 349 g/mol. The summed E-state index contributed by atoms with van der Waals surface area (Å²) in [7, 11) is 0. The molecule has 1 aromatic carbocycles. The molecule has 2 aromatic heterocycles. The van der Waals surface area contributed by atoms with Gasteiger partial charge in [-0.1, -0.05) is 45.0 Å². The maximum Gasteiger partial charge on any atom is 0.253 e. The van der Waals surface area contributed by atoms with Gasteiger partial charge >= 0.3 is 0 Å². The fourth-order valence-electron chi connectivity index (χ4n) is 2.90. The number of fused-ring (bicyclic) bond motifs is 1. The summed E-state index contributed by atoms with van der Waals surface area (Å²) in [6.07, 6.45) is 3.45. The molecule has 3 aromatic rings. The van der Waals surface area contributed by atoms with Gasteiger partial charge in [-0.25, -0.2) is 0 Å². The average Bonchev–Trinajstić information content (AvgIpc) is 2.61. The van der Waals surface area contributed by atoms with Crippen LogP contribution in [0.1, 0.15) is 31.9 Å². The smallest absolute Gasteiger partial charge is 0.253 e. The van der Waals surface area contributed by atoms with Crippen LogP contribution in [-0.4, -0.2) is 20.8 Å². The summed E-state index contributed by atoms with van der Waals surface area (Å²) in [5.74, 6) is -0.00564. The third-order valence-electron chi connectivity index (χ3n) is 4.22. The number of H-pyrrole nitrogens is 1. The van der Waals surface area contributed by atoms with Crippen LogP contribution >= 0.6 is 0 Å². The number of aromatic amines is 1. The van der Waals surface area contributed by atoms with Crippen molar-refractivity contribution in [3.05, 3.63) is 76.3 Å². The van der Waals surface area contributed by atoms with E-state index in [1.54, 1.807) is 17.3 Å². The van der Waals surface area contributed by atoms with Gasteiger partial charge in [0.2, 0.25) is 5.91 Å². The van der Waals surface area contributed by atoms with Crippen molar-refractivity contribution >= 4 is 16.8 Å². The van der Waals surface area contributed by atoms with E-state index in [0.717, 1.165) is 16.5 Å². The Kier molecular flexibility index (Phi) is 4.89. The SMILES string of the molecule is CC(C)(C)C(=O)N(Cc1cccnc1)Cc1cc2ccccc2[nH]c1=O. The van der Waals surface area contributed by atoms with Crippen molar-refractivity contribution in [2.75, 3.05) is 0 Å². The summed E-state index contributed by atoms with van der Waals surface area (Å²) in [4.78, 5) is 34.2. The lowest BCUT2D eigenvalue weighted by atomic mass is 9.94. The van der Waals surface area contributed by atoms with E-state index >= 15 is 0 Å². The van der Waals surface area contributed by atoms with Crippen LogP contribution in [0.2, 0.25) is 0 Å². The van der Waals surface area contributed by atoms with Crippen LogP contribution in [0.5, 0.6) is 0 Å². The van der Waals surface area contributed by atoms with Crippen LogP contribution < -0.4 is 5.56 Å². The van der Waals surface area contributed by atoms with Gasteiger partial charge in [-0.3, -0.25) is 14.6 Å². The fraction of sp³-hybridized carbons (Fsp3) is 0.286. The van der Waals surface area contributed by atoms with Crippen molar-refractivity contribution in [2.24, 2.45) is 5.41 Å². The highest BCUT2D eigenvalue weighted by Gasteiger charge is 2.28. The number of carbonyl (C=O) groups is 1. The van der Waals surface area contributed by atoms with Gasteiger partial charge in [0.05, 0.1) is 6.54 Å². The largest absolute Gasteiger partial charge is 0.333 e. The first-order valence-corrected chi connectivity index (χ1v) is 8.64. The van der Waals surface area contributed by atoms with E-state index in [1.807, 2.05) is 63.2 Å². The topological polar surface area (TPSA) is 66.1 Å². The molecule has 26 heavy (non-hydrogen) atoms. The maximum atomic E-state index is 12.9. The lowest BCUT2D eigenvalue weighted by Crippen LogP contribution is -2.39. The number of rotatable bonds is 4. The molecule has 5 heteroatoms. The van der Waals surface area contributed by atoms with Gasteiger partial charge in [0.25, 0.3) is 5.56 Å². The Bertz CT molecular complexity index is 972. The van der Waals surface area contributed by atoms with Crippen molar-refractivity contribution in [1.82, 2.24) is 14.9 Å². The first kappa shape index (κ1) is 17.9. The highest BCUT2D eigenvalue weighted by molar-refractivity contribution is 5.82. The van der Waals surface area contributed by atoms with Gasteiger partial charge in [0.15, 0.2) is 0 Å². The van der Waals surface area contributed by atoms with Crippen molar-refractivity contribution in [3.63, 3.8) is 0 Å². The summed E-state index contributed by atoms with van der Waals surface area (Å²) in [6, 6.07) is 13.3. The van der Waals surface area contributed by atoms with E-state index in [1.165, 1.54) is 0 Å². The zero-order valence-electron chi connectivity index (χ0n) is 15.3. The molecule has 0 saturated heterocycles. The molecule has 3 rings (SSSR count). The van der Waals surface area contributed by atoms with Gasteiger partial charge in [-0.2, -0.15) is 0 Å². The van der Waals surface area contributed by atoms with Gasteiger partial charge in [-0.05, 0) is 29.1 Å². The second-order valence-electron chi connectivity index (χ2n) is 7.48. The molecule has 0 unspecified atom stereocenters. The quantitative estimate of drug-likeness (QED) is 0.784. The van der Waals surface area contributed by atoms with Crippen molar-refractivity contribution < 1.29 is 4.79 Å². The summed E-state index contributed by atoms with van der Waals surface area (Å²) < 4.78 is 0. The number of hydrogen-bond acceptors (Lipinski definition) is 3. The summed E-state index contributed by atoms with van der Waals surface area (Å²) in [6.45, 7) is 6.32. The molecule has 0 spiro atoms. The predicted octanol–water partition coefficient (Wildman–Crippen LogP) is 3.50. The van der Waals surface area contributed by atoms with Crippen LogP contribution in [0.15, 0.2) is 59.7 Å². The second-order valence-corrected chi connectivity index (χ2v) is 7.48. The third kappa shape index (κ3) is 3.99. The predicted molar refractivity (Wildman–Crippen MR) is 103 cm³/mol. The summed E-state index contributed by atoms with van der Waals surface area (Å²) in [5, 5.41) is 0.951. The lowest BCUT2D eigenvalue weighted by Gasteiger charge is -2.29. The fourth-order valence-corrected chi connectivity index (χ4v) is 2.90. The molecule has 0 saturated carbocycles. The first-order valence-electron chi connectivity index (χ1n) is 8.64. The number of hydrogen-bond donors (Lipinski definition) is 1. The molecule has 134 valence electrons. The molecule has 0 radical (unpaired) electrons. The molecule has 0 atom stereocenters. The van der Waals surface area contributed by atoms with Crippen LogP contribution in [-0.2, 0) is 17.9 Å². The molecule has 0 fully saturated rings. The van der Waals surface area contributed by atoms with E-state index in [0.29, 0.717) is 12.1 Å². The molecule has 5 nitrogen and oxygen atoms in total. The van der Waals surface area contributed by atoms with Crippen LogP contribution in [0.25, 0.3) is 10.9 Å².